The number of piperidine rings is 1. The summed E-state index contributed by atoms with van der Waals surface area (Å²) in [6.07, 6.45) is 7.33. The number of carbonyl (C=O) groups is 2. The van der Waals surface area contributed by atoms with Crippen molar-refractivity contribution in [2.45, 2.75) is 76.9 Å². The third-order valence-electron chi connectivity index (χ3n) is 7.40. The summed E-state index contributed by atoms with van der Waals surface area (Å²) in [5, 5.41) is 3.76. The maximum absolute atomic E-state index is 13.7. The minimum Gasteiger partial charge on any atom is -0.383 e. The number of carbonyl (C=O) groups excluding carboxylic acids is 2. The van der Waals surface area contributed by atoms with Crippen LogP contribution in [0.4, 0.5) is 4.79 Å². The van der Waals surface area contributed by atoms with E-state index >= 15 is 0 Å². The van der Waals surface area contributed by atoms with Gasteiger partial charge in [0.25, 0.3) is 0 Å². The fourth-order valence-corrected chi connectivity index (χ4v) is 6.93. The molecule has 1 aromatic carbocycles. The third kappa shape index (κ3) is 9.10. The lowest BCUT2D eigenvalue weighted by Gasteiger charge is -2.40. The second-order valence-electron chi connectivity index (χ2n) is 10.3. The van der Waals surface area contributed by atoms with Crippen LogP contribution in [0.25, 0.3) is 0 Å². The zero-order chi connectivity index (χ0) is 27.5. The van der Waals surface area contributed by atoms with Gasteiger partial charge in [-0.2, -0.15) is 4.31 Å². The summed E-state index contributed by atoms with van der Waals surface area (Å²) in [6, 6.07) is 7.47. The van der Waals surface area contributed by atoms with Crippen molar-refractivity contribution in [1.29, 1.82) is 0 Å². The van der Waals surface area contributed by atoms with E-state index in [1.165, 1.54) is 17.8 Å². The summed E-state index contributed by atoms with van der Waals surface area (Å²) in [7, 11) is -2.08. The molecule has 214 valence electrons. The number of likely N-dealkylation sites (tertiary alicyclic amines) is 1. The molecule has 2 fully saturated rings. The van der Waals surface area contributed by atoms with E-state index in [0.717, 1.165) is 31.2 Å². The van der Waals surface area contributed by atoms with E-state index in [1.54, 1.807) is 17.9 Å². The van der Waals surface area contributed by atoms with Gasteiger partial charge in [-0.1, -0.05) is 49.9 Å². The molecule has 0 atom stereocenters. The van der Waals surface area contributed by atoms with E-state index in [2.05, 4.69) is 5.32 Å². The van der Waals surface area contributed by atoms with Crippen LogP contribution in [0.3, 0.4) is 0 Å². The molecule has 1 heterocycles. The van der Waals surface area contributed by atoms with Crippen LogP contribution in [0, 0.1) is 0 Å². The smallest absolute Gasteiger partial charge is 0.317 e. The van der Waals surface area contributed by atoms with Crippen LogP contribution >= 0.6 is 11.6 Å². The second kappa shape index (κ2) is 15.1. The molecule has 1 aromatic rings. The Morgan fingerprint density at radius 1 is 1.13 bits per heavy atom. The number of sulfonamides is 1. The van der Waals surface area contributed by atoms with E-state index in [-0.39, 0.29) is 49.5 Å². The van der Waals surface area contributed by atoms with Crippen molar-refractivity contribution in [3.8, 4) is 0 Å². The summed E-state index contributed by atoms with van der Waals surface area (Å²) >= 11 is 6.21. The maximum Gasteiger partial charge on any atom is 0.317 e. The average Bonchev–Trinajstić information content (AvgIpc) is 2.90. The molecule has 0 radical (unpaired) electrons. The SMILES string of the molecule is CCCS(=O)(=O)N(CCOC)CC(=O)N(Cc1cccc(Cl)c1)C1CCN(C(=O)NC2CCCCC2)CC1. The molecule has 0 aromatic heterocycles. The van der Waals surface area contributed by atoms with E-state index in [9.17, 15) is 18.0 Å². The summed E-state index contributed by atoms with van der Waals surface area (Å²) < 4.78 is 32.1. The molecule has 9 nitrogen and oxygen atoms in total. The summed E-state index contributed by atoms with van der Waals surface area (Å²) in [5.74, 6) is -0.280. The minimum absolute atomic E-state index is 0.0210. The van der Waals surface area contributed by atoms with Crippen molar-refractivity contribution in [2.75, 3.05) is 45.6 Å². The summed E-state index contributed by atoms with van der Waals surface area (Å²) in [5.41, 5.74) is 0.878. The van der Waals surface area contributed by atoms with Gasteiger partial charge in [-0.05, 0) is 49.8 Å². The molecule has 1 aliphatic heterocycles. The fraction of sp³-hybridized carbons (Fsp3) is 0.704. The highest BCUT2D eigenvalue weighted by Gasteiger charge is 2.33. The number of methoxy groups -OCH3 is 1. The number of nitrogens with one attached hydrogen (secondary N) is 1. The zero-order valence-corrected chi connectivity index (χ0v) is 24.3. The Hall–Kier alpha value is -1.88. The molecule has 0 spiro atoms. The number of halogens is 1. The summed E-state index contributed by atoms with van der Waals surface area (Å²) in [6.45, 7) is 3.30. The molecule has 3 rings (SSSR count). The minimum atomic E-state index is -3.59. The molecule has 11 heteroatoms. The average molecular weight is 571 g/mol. The van der Waals surface area contributed by atoms with Crippen LogP contribution in [0.5, 0.6) is 0 Å². The lowest BCUT2D eigenvalue weighted by atomic mass is 9.95. The quantitative estimate of drug-likeness (QED) is 0.411. The molecule has 1 N–H and O–H groups in total. The van der Waals surface area contributed by atoms with Crippen molar-refractivity contribution < 1.29 is 22.7 Å². The van der Waals surface area contributed by atoms with E-state index in [0.29, 0.717) is 43.9 Å². The standard InChI is InChI=1S/C27H43ClN4O5S/c1-3-18-38(35,36)31(16-17-37-2)21-26(33)32(20-22-8-7-9-23(28)19-22)25-12-14-30(15-13-25)27(34)29-24-10-5-4-6-11-24/h7-9,19,24-25H,3-6,10-18,20-21H2,1-2H3,(H,29,34). The van der Waals surface area contributed by atoms with E-state index in [1.807, 2.05) is 23.1 Å². The van der Waals surface area contributed by atoms with Gasteiger partial charge in [0.1, 0.15) is 0 Å². The van der Waals surface area contributed by atoms with E-state index < -0.39 is 10.0 Å². The van der Waals surface area contributed by atoms with Crippen LogP contribution in [-0.4, -0.2) is 92.2 Å². The number of rotatable bonds is 12. The molecule has 2 aliphatic rings. The topological polar surface area (TPSA) is 99.3 Å². The second-order valence-corrected chi connectivity index (χ2v) is 12.8. The van der Waals surface area contributed by atoms with Crippen LogP contribution < -0.4 is 5.32 Å². The van der Waals surface area contributed by atoms with Gasteiger partial charge < -0.3 is 19.9 Å². The number of hydrogen-bond acceptors (Lipinski definition) is 5. The Bertz CT molecular complexity index is 1010. The first-order valence-electron chi connectivity index (χ1n) is 13.8. The lowest BCUT2D eigenvalue weighted by Crippen LogP contribution is -2.54. The van der Waals surface area contributed by atoms with E-state index in [4.69, 9.17) is 16.3 Å². The molecule has 3 amide bonds. The highest BCUT2D eigenvalue weighted by Crippen LogP contribution is 2.23. The van der Waals surface area contributed by atoms with Crippen LogP contribution in [0.1, 0.15) is 63.9 Å². The van der Waals surface area contributed by atoms with Gasteiger partial charge in [0.15, 0.2) is 0 Å². The molecule has 1 aliphatic carbocycles. The Morgan fingerprint density at radius 2 is 1.84 bits per heavy atom. The van der Waals surface area contributed by atoms with Crippen molar-refractivity contribution in [3.63, 3.8) is 0 Å². The molecule has 38 heavy (non-hydrogen) atoms. The van der Waals surface area contributed by atoms with Crippen molar-refractivity contribution in [1.82, 2.24) is 19.4 Å². The highest BCUT2D eigenvalue weighted by atomic mass is 35.5. The number of hydrogen-bond donors (Lipinski definition) is 1. The molecular weight excluding hydrogens is 528 g/mol. The molecule has 1 saturated carbocycles. The number of ether oxygens (including phenoxy) is 1. The first-order valence-corrected chi connectivity index (χ1v) is 15.8. The largest absolute Gasteiger partial charge is 0.383 e. The molecule has 0 unspecified atom stereocenters. The Morgan fingerprint density at radius 3 is 2.47 bits per heavy atom. The molecular formula is C27H43ClN4O5S. The van der Waals surface area contributed by atoms with Crippen LogP contribution in [0.15, 0.2) is 24.3 Å². The highest BCUT2D eigenvalue weighted by molar-refractivity contribution is 7.89. The van der Waals surface area contributed by atoms with Gasteiger partial charge in [-0.25, -0.2) is 13.2 Å². The lowest BCUT2D eigenvalue weighted by molar-refractivity contribution is -0.135. The van der Waals surface area contributed by atoms with Gasteiger partial charge in [-0.15, -0.1) is 0 Å². The normalized spacial score (nSPS) is 17.5. The molecule has 0 bridgehead atoms. The number of benzene rings is 1. The van der Waals surface area contributed by atoms with Gasteiger partial charge in [0.05, 0.1) is 18.9 Å². The number of amides is 3. The van der Waals surface area contributed by atoms with Crippen molar-refractivity contribution in [2.24, 2.45) is 0 Å². The third-order valence-corrected chi connectivity index (χ3v) is 9.66. The van der Waals surface area contributed by atoms with Gasteiger partial charge in [-0.3, -0.25) is 4.79 Å². The van der Waals surface area contributed by atoms with Crippen LogP contribution in [0.2, 0.25) is 5.02 Å². The predicted molar refractivity (Wildman–Crippen MR) is 150 cm³/mol. The first kappa shape index (κ1) is 30.7. The first-order chi connectivity index (χ1) is 18.2. The monoisotopic (exact) mass is 570 g/mol. The van der Waals surface area contributed by atoms with Gasteiger partial charge in [0.2, 0.25) is 15.9 Å². The maximum atomic E-state index is 13.7. The van der Waals surface area contributed by atoms with Crippen LogP contribution in [-0.2, 0) is 26.1 Å². The predicted octanol–water partition coefficient (Wildman–Crippen LogP) is 3.86. The Balaban J connectivity index is 1.71. The van der Waals surface area contributed by atoms with Gasteiger partial charge >= 0.3 is 6.03 Å². The fourth-order valence-electron chi connectivity index (χ4n) is 5.28. The van der Waals surface area contributed by atoms with Gasteiger partial charge in [0, 0.05) is 50.4 Å². The molecule has 1 saturated heterocycles. The zero-order valence-electron chi connectivity index (χ0n) is 22.7. The van der Waals surface area contributed by atoms with Crippen molar-refractivity contribution >= 4 is 33.6 Å². The number of urea groups is 1. The Kier molecular flexibility index (Phi) is 12.1. The summed E-state index contributed by atoms with van der Waals surface area (Å²) in [4.78, 5) is 30.1. The number of nitrogens with zero attached hydrogens (tertiary/aromatic N) is 3. The van der Waals surface area contributed by atoms with Crippen molar-refractivity contribution in [3.05, 3.63) is 34.9 Å². The Labute approximate surface area is 232 Å².